The summed E-state index contributed by atoms with van der Waals surface area (Å²) in [5.74, 6) is -1.73. The van der Waals surface area contributed by atoms with Crippen LogP contribution in [0.5, 0.6) is 0 Å². The van der Waals surface area contributed by atoms with Crippen LogP contribution in [0.4, 0.5) is 0 Å². The first-order valence-corrected chi connectivity index (χ1v) is 6.66. The van der Waals surface area contributed by atoms with E-state index in [-0.39, 0.29) is 5.69 Å². The molecule has 2 aliphatic rings. The molecule has 1 aliphatic heterocycles. The van der Waals surface area contributed by atoms with Crippen molar-refractivity contribution in [1.29, 1.82) is 0 Å². The maximum absolute atomic E-state index is 11.3. The molecule has 6 nitrogen and oxygen atoms in total. The van der Waals surface area contributed by atoms with Crippen LogP contribution >= 0.6 is 0 Å². The minimum atomic E-state index is -1.12. The van der Waals surface area contributed by atoms with Crippen molar-refractivity contribution in [3.63, 3.8) is 0 Å². The van der Waals surface area contributed by atoms with E-state index in [1.165, 1.54) is 0 Å². The predicted octanol–water partition coefficient (Wildman–Crippen LogP) is 1.81. The highest BCUT2D eigenvalue weighted by Crippen LogP contribution is 2.40. The van der Waals surface area contributed by atoms with Crippen LogP contribution in [-0.4, -0.2) is 31.7 Å². The lowest BCUT2D eigenvalue weighted by atomic mass is 9.84. The van der Waals surface area contributed by atoms with E-state index in [0.717, 1.165) is 31.5 Å². The molecule has 1 atom stereocenters. The van der Waals surface area contributed by atoms with Gasteiger partial charge in [-0.15, -0.1) is 0 Å². The number of aromatic nitrogens is 2. The maximum Gasteiger partial charge on any atom is 0.356 e. The van der Waals surface area contributed by atoms with E-state index in [1.54, 1.807) is 0 Å². The van der Waals surface area contributed by atoms with Crippen molar-refractivity contribution in [3.05, 3.63) is 17.2 Å². The molecule has 2 N–H and O–H groups in total. The molecule has 1 aromatic heterocycles. The van der Waals surface area contributed by atoms with E-state index in [0.29, 0.717) is 24.6 Å². The van der Waals surface area contributed by atoms with Gasteiger partial charge in [-0.2, -0.15) is 0 Å². The molecule has 1 aliphatic carbocycles. The van der Waals surface area contributed by atoms with Crippen molar-refractivity contribution >= 4 is 11.9 Å². The van der Waals surface area contributed by atoms with Gasteiger partial charge in [0.15, 0.2) is 5.69 Å². The molecular formula is C13H16N2O4. The van der Waals surface area contributed by atoms with Crippen molar-refractivity contribution < 1.29 is 19.8 Å². The quantitative estimate of drug-likeness (QED) is 0.868. The summed E-state index contributed by atoms with van der Waals surface area (Å²) >= 11 is 0. The summed E-state index contributed by atoms with van der Waals surface area (Å²) in [5.41, 5.74) is 0.335. The third-order valence-electron chi connectivity index (χ3n) is 4.21. The van der Waals surface area contributed by atoms with E-state index in [2.05, 4.69) is 4.98 Å². The molecular weight excluding hydrogens is 248 g/mol. The lowest BCUT2D eigenvalue weighted by Gasteiger charge is -2.28. The molecule has 2 heterocycles. The first kappa shape index (κ1) is 12.2. The zero-order chi connectivity index (χ0) is 13.6. The lowest BCUT2D eigenvalue weighted by molar-refractivity contribution is -0.139. The van der Waals surface area contributed by atoms with Gasteiger partial charge in [-0.1, -0.05) is 6.42 Å². The van der Waals surface area contributed by atoms with Gasteiger partial charge in [0.2, 0.25) is 0 Å². The Balaban J connectivity index is 2.13. The number of rotatable bonds is 3. The summed E-state index contributed by atoms with van der Waals surface area (Å²) in [5, 5.41) is 18.5. The Labute approximate surface area is 110 Å². The first-order chi connectivity index (χ1) is 9.09. The Morgan fingerprint density at radius 3 is 2.42 bits per heavy atom. The summed E-state index contributed by atoms with van der Waals surface area (Å²) in [6.07, 6.45) is 4.43. The molecule has 0 radical (unpaired) electrons. The van der Waals surface area contributed by atoms with E-state index in [9.17, 15) is 19.8 Å². The molecule has 0 aromatic carbocycles. The molecule has 1 aromatic rings. The van der Waals surface area contributed by atoms with E-state index >= 15 is 0 Å². The zero-order valence-corrected chi connectivity index (χ0v) is 10.5. The van der Waals surface area contributed by atoms with E-state index < -0.39 is 17.9 Å². The monoisotopic (exact) mass is 264 g/mol. The number of aromatic carboxylic acids is 1. The van der Waals surface area contributed by atoms with Crippen LogP contribution in [0.1, 0.15) is 65.9 Å². The number of fused-ring (bicyclic) bond motifs is 1. The molecule has 0 amide bonds. The molecule has 102 valence electrons. The Kier molecular flexibility index (Phi) is 2.80. The smallest absolute Gasteiger partial charge is 0.356 e. The normalized spacial score (nSPS) is 22.6. The number of nitrogens with zero attached hydrogens (tertiary/aromatic N) is 2. The number of carboxylic acids is 2. The van der Waals surface area contributed by atoms with Crippen molar-refractivity contribution in [3.8, 4) is 0 Å². The van der Waals surface area contributed by atoms with Crippen LogP contribution in [0.15, 0.2) is 0 Å². The molecule has 19 heavy (non-hydrogen) atoms. The van der Waals surface area contributed by atoms with E-state index in [4.69, 9.17) is 0 Å². The van der Waals surface area contributed by atoms with Gasteiger partial charge in [0.1, 0.15) is 5.82 Å². The highest BCUT2D eigenvalue weighted by molar-refractivity contribution is 5.90. The van der Waals surface area contributed by atoms with Gasteiger partial charge in [-0.05, 0) is 25.7 Å². The largest absolute Gasteiger partial charge is 0.481 e. The Hall–Kier alpha value is -1.85. The number of carboxylic acid groups (broad SMARTS) is 2. The van der Waals surface area contributed by atoms with E-state index in [1.807, 2.05) is 4.57 Å². The van der Waals surface area contributed by atoms with Gasteiger partial charge in [0.25, 0.3) is 0 Å². The van der Waals surface area contributed by atoms with Crippen molar-refractivity contribution in [2.24, 2.45) is 0 Å². The highest BCUT2D eigenvalue weighted by Gasteiger charge is 2.37. The minimum absolute atomic E-state index is 0.0611. The van der Waals surface area contributed by atoms with Crippen LogP contribution in [-0.2, 0) is 11.3 Å². The predicted molar refractivity (Wildman–Crippen MR) is 65.4 cm³/mol. The molecule has 1 fully saturated rings. The third kappa shape index (κ3) is 1.82. The number of hydrogen-bond acceptors (Lipinski definition) is 3. The van der Waals surface area contributed by atoms with Gasteiger partial charge in [-0.3, -0.25) is 4.79 Å². The summed E-state index contributed by atoms with van der Waals surface area (Å²) in [6, 6.07) is 0. The van der Waals surface area contributed by atoms with Crippen LogP contribution in [0.2, 0.25) is 0 Å². The van der Waals surface area contributed by atoms with Crippen molar-refractivity contribution in [2.45, 2.75) is 50.5 Å². The molecule has 1 unspecified atom stereocenters. The Morgan fingerprint density at radius 2 is 1.89 bits per heavy atom. The van der Waals surface area contributed by atoms with Gasteiger partial charge >= 0.3 is 11.9 Å². The SMILES string of the molecule is O=C(O)c1nc(C2CCC2)n2c1C(C(=O)O)CCC2. The molecule has 6 heteroatoms. The van der Waals surface area contributed by atoms with Crippen LogP contribution in [0, 0.1) is 0 Å². The fourth-order valence-electron chi connectivity index (χ4n) is 3.04. The number of aliphatic carboxylic acids is 1. The van der Waals surface area contributed by atoms with Crippen LogP contribution in [0.3, 0.4) is 0 Å². The van der Waals surface area contributed by atoms with Gasteiger partial charge < -0.3 is 14.8 Å². The summed E-state index contributed by atoms with van der Waals surface area (Å²) in [7, 11) is 0. The first-order valence-electron chi connectivity index (χ1n) is 6.66. The second-order valence-corrected chi connectivity index (χ2v) is 5.32. The van der Waals surface area contributed by atoms with Crippen LogP contribution in [0.25, 0.3) is 0 Å². The maximum atomic E-state index is 11.3. The highest BCUT2D eigenvalue weighted by atomic mass is 16.4. The Bertz CT molecular complexity index is 545. The number of carbonyl (C=O) groups is 2. The Morgan fingerprint density at radius 1 is 1.16 bits per heavy atom. The standard InChI is InChI=1S/C13H16N2O4/c16-12(17)8-5-2-6-15-10(8)9(13(18)19)14-11(15)7-3-1-4-7/h7-8H,1-6H2,(H,16,17)(H,18,19). The van der Waals surface area contributed by atoms with Crippen molar-refractivity contribution in [2.75, 3.05) is 0 Å². The average Bonchev–Trinajstić information content (AvgIpc) is 2.66. The molecule has 0 bridgehead atoms. The second-order valence-electron chi connectivity index (χ2n) is 5.32. The van der Waals surface area contributed by atoms with Crippen molar-refractivity contribution in [1.82, 2.24) is 9.55 Å². The summed E-state index contributed by atoms with van der Waals surface area (Å²) in [6.45, 7) is 0.686. The lowest BCUT2D eigenvalue weighted by Crippen LogP contribution is -2.25. The molecule has 3 rings (SSSR count). The summed E-state index contributed by atoms with van der Waals surface area (Å²) in [4.78, 5) is 26.9. The molecule has 0 spiro atoms. The molecule has 0 saturated heterocycles. The molecule has 1 saturated carbocycles. The topological polar surface area (TPSA) is 92.4 Å². The summed E-state index contributed by atoms with van der Waals surface area (Å²) < 4.78 is 1.86. The number of hydrogen-bond donors (Lipinski definition) is 2. The van der Waals surface area contributed by atoms with Gasteiger partial charge in [0.05, 0.1) is 11.6 Å². The third-order valence-corrected chi connectivity index (χ3v) is 4.21. The van der Waals surface area contributed by atoms with Gasteiger partial charge in [-0.25, -0.2) is 9.78 Å². The zero-order valence-electron chi connectivity index (χ0n) is 10.5. The average molecular weight is 264 g/mol. The minimum Gasteiger partial charge on any atom is -0.481 e. The fourth-order valence-corrected chi connectivity index (χ4v) is 3.04. The second kappa shape index (κ2) is 4.36. The number of imidazole rings is 1. The van der Waals surface area contributed by atoms with Gasteiger partial charge in [0, 0.05) is 12.5 Å². The fraction of sp³-hybridized carbons (Fsp3) is 0.615. The van der Waals surface area contributed by atoms with Crippen LogP contribution < -0.4 is 0 Å².